The fraction of sp³-hybridized carbons (Fsp3) is 0.650. The van der Waals surface area contributed by atoms with Crippen LogP contribution in [-0.2, 0) is 4.74 Å². The van der Waals surface area contributed by atoms with Crippen LogP contribution in [0.2, 0.25) is 0 Å². The van der Waals surface area contributed by atoms with Crippen LogP contribution in [0, 0.1) is 0 Å². The molecule has 1 saturated heterocycles. The van der Waals surface area contributed by atoms with E-state index in [-0.39, 0.29) is 6.09 Å². The number of hydrogen-bond acceptors (Lipinski definition) is 6. The summed E-state index contributed by atoms with van der Waals surface area (Å²) in [5, 5.41) is 0. The first kappa shape index (κ1) is 21.2. The quantitative estimate of drug-likeness (QED) is 0.580. The summed E-state index contributed by atoms with van der Waals surface area (Å²) in [7, 11) is 1.61. The lowest BCUT2D eigenvalue weighted by molar-refractivity contribution is 0.0144. The molecule has 1 aromatic rings. The number of unbranched alkanes of at least 4 members (excludes halogenated alkanes) is 1. The van der Waals surface area contributed by atoms with E-state index in [1.165, 1.54) is 0 Å². The summed E-state index contributed by atoms with van der Waals surface area (Å²) in [4.78, 5) is 16.2. The molecule has 1 fully saturated rings. The van der Waals surface area contributed by atoms with Crippen molar-refractivity contribution in [3.05, 3.63) is 18.2 Å². The van der Waals surface area contributed by atoms with Crippen LogP contribution in [0.5, 0.6) is 11.5 Å². The summed E-state index contributed by atoms with van der Waals surface area (Å²) < 4.78 is 16.5. The first-order valence-electron chi connectivity index (χ1n) is 9.55. The van der Waals surface area contributed by atoms with Gasteiger partial charge in [0.05, 0.1) is 13.7 Å². The van der Waals surface area contributed by atoms with Crippen molar-refractivity contribution in [3.8, 4) is 11.5 Å². The number of carbonyl (C=O) groups excluding carboxylic acids is 1. The van der Waals surface area contributed by atoms with Gasteiger partial charge in [-0.2, -0.15) is 0 Å². The maximum absolute atomic E-state index is 12.1. The smallest absolute Gasteiger partial charge is 0.410 e. The van der Waals surface area contributed by atoms with Crippen molar-refractivity contribution in [2.24, 2.45) is 0 Å². The van der Waals surface area contributed by atoms with Gasteiger partial charge >= 0.3 is 6.09 Å². The number of hydrogen-bond donors (Lipinski definition) is 1. The van der Waals surface area contributed by atoms with Gasteiger partial charge in [0, 0.05) is 37.9 Å². The molecule has 0 saturated carbocycles. The van der Waals surface area contributed by atoms with Crippen molar-refractivity contribution < 1.29 is 19.0 Å². The monoisotopic (exact) mass is 379 g/mol. The lowest BCUT2D eigenvalue weighted by Gasteiger charge is -2.35. The molecule has 2 N–H and O–H groups in total. The van der Waals surface area contributed by atoms with Gasteiger partial charge in [0.1, 0.15) is 5.60 Å². The number of nitrogen functional groups attached to an aromatic ring is 1. The van der Waals surface area contributed by atoms with E-state index in [4.69, 9.17) is 19.9 Å². The lowest BCUT2D eigenvalue weighted by Crippen LogP contribution is -2.50. The molecule has 27 heavy (non-hydrogen) atoms. The highest BCUT2D eigenvalue weighted by molar-refractivity contribution is 5.68. The van der Waals surface area contributed by atoms with Crippen LogP contribution in [0.25, 0.3) is 0 Å². The number of anilines is 1. The van der Waals surface area contributed by atoms with Gasteiger partial charge in [-0.1, -0.05) is 0 Å². The van der Waals surface area contributed by atoms with Gasteiger partial charge in [-0.05, 0) is 52.3 Å². The van der Waals surface area contributed by atoms with E-state index in [9.17, 15) is 4.79 Å². The largest absolute Gasteiger partial charge is 0.493 e. The summed E-state index contributed by atoms with van der Waals surface area (Å²) in [6, 6.07) is 5.41. The molecule has 7 heteroatoms. The molecule has 0 aliphatic carbocycles. The average Bonchev–Trinajstić information content (AvgIpc) is 2.61. The Hall–Kier alpha value is -2.15. The van der Waals surface area contributed by atoms with Crippen LogP contribution >= 0.6 is 0 Å². The molecule has 1 aliphatic rings. The third-order valence-electron chi connectivity index (χ3n) is 4.34. The molecule has 0 atom stereocenters. The minimum absolute atomic E-state index is 0.215. The SMILES string of the molecule is COc1cc(N)ccc1OCCCCN1CCN(C(=O)OC(C)(C)C)CC1. The third kappa shape index (κ3) is 7.17. The third-order valence-corrected chi connectivity index (χ3v) is 4.34. The molecule has 1 aliphatic heterocycles. The Kier molecular flexibility index (Phi) is 7.59. The fourth-order valence-electron chi connectivity index (χ4n) is 2.90. The minimum atomic E-state index is -0.443. The normalized spacial score (nSPS) is 15.5. The second-order valence-electron chi connectivity index (χ2n) is 7.77. The van der Waals surface area contributed by atoms with E-state index in [1.807, 2.05) is 32.9 Å². The van der Waals surface area contributed by atoms with Crippen LogP contribution < -0.4 is 15.2 Å². The van der Waals surface area contributed by atoms with Gasteiger partial charge in [-0.3, -0.25) is 4.90 Å². The Bertz CT molecular complexity index is 608. The molecule has 1 amide bonds. The highest BCUT2D eigenvalue weighted by Crippen LogP contribution is 2.29. The number of piperazine rings is 1. The zero-order valence-electron chi connectivity index (χ0n) is 17.0. The number of methoxy groups -OCH3 is 1. The first-order chi connectivity index (χ1) is 12.8. The topological polar surface area (TPSA) is 77.3 Å². The molecule has 1 heterocycles. The van der Waals surface area contributed by atoms with Crippen LogP contribution in [0.15, 0.2) is 18.2 Å². The van der Waals surface area contributed by atoms with Crippen molar-refractivity contribution in [2.75, 3.05) is 52.2 Å². The number of benzene rings is 1. The zero-order valence-corrected chi connectivity index (χ0v) is 17.0. The van der Waals surface area contributed by atoms with Crippen molar-refractivity contribution >= 4 is 11.8 Å². The predicted octanol–water partition coefficient (Wildman–Crippen LogP) is 2.99. The van der Waals surface area contributed by atoms with Crippen LogP contribution in [0.4, 0.5) is 10.5 Å². The zero-order chi connectivity index (χ0) is 19.9. The summed E-state index contributed by atoms with van der Waals surface area (Å²) in [6.07, 6.45) is 1.79. The van der Waals surface area contributed by atoms with Crippen molar-refractivity contribution in [2.45, 2.75) is 39.2 Å². The highest BCUT2D eigenvalue weighted by atomic mass is 16.6. The molecule has 0 radical (unpaired) electrons. The minimum Gasteiger partial charge on any atom is -0.493 e. The van der Waals surface area contributed by atoms with E-state index in [0.29, 0.717) is 31.1 Å². The van der Waals surface area contributed by atoms with E-state index in [1.54, 1.807) is 18.1 Å². The molecular weight excluding hydrogens is 346 g/mol. The first-order valence-corrected chi connectivity index (χ1v) is 9.55. The lowest BCUT2D eigenvalue weighted by atomic mass is 10.2. The summed E-state index contributed by atoms with van der Waals surface area (Å²) in [5.41, 5.74) is 5.96. The number of rotatable bonds is 7. The Morgan fingerprint density at radius 3 is 2.44 bits per heavy atom. The molecule has 2 rings (SSSR count). The molecule has 0 aromatic heterocycles. The van der Waals surface area contributed by atoms with Crippen LogP contribution in [-0.4, -0.2) is 67.9 Å². The summed E-state index contributed by atoms with van der Waals surface area (Å²) >= 11 is 0. The number of carbonyl (C=O) groups is 1. The van der Waals surface area contributed by atoms with Crippen LogP contribution in [0.3, 0.4) is 0 Å². The Morgan fingerprint density at radius 2 is 1.81 bits per heavy atom. The second kappa shape index (κ2) is 9.69. The Balaban J connectivity index is 1.62. The molecule has 152 valence electrons. The van der Waals surface area contributed by atoms with E-state index in [0.717, 1.165) is 38.2 Å². The number of nitrogens with two attached hydrogens (primary N) is 1. The molecule has 1 aromatic carbocycles. The van der Waals surface area contributed by atoms with Gasteiger partial charge in [0.2, 0.25) is 0 Å². The Labute approximate surface area is 162 Å². The summed E-state index contributed by atoms with van der Waals surface area (Å²) in [6.45, 7) is 10.5. The molecule has 0 bridgehead atoms. The highest BCUT2D eigenvalue weighted by Gasteiger charge is 2.25. The fourth-order valence-corrected chi connectivity index (χ4v) is 2.90. The summed E-state index contributed by atoms with van der Waals surface area (Å²) in [5.74, 6) is 1.38. The number of amides is 1. The Morgan fingerprint density at radius 1 is 1.11 bits per heavy atom. The van der Waals surface area contributed by atoms with Gasteiger partial charge in [0.25, 0.3) is 0 Å². The van der Waals surface area contributed by atoms with Crippen molar-refractivity contribution in [3.63, 3.8) is 0 Å². The second-order valence-corrected chi connectivity index (χ2v) is 7.77. The molecule has 0 unspecified atom stereocenters. The van der Waals surface area contributed by atoms with Crippen molar-refractivity contribution in [1.29, 1.82) is 0 Å². The van der Waals surface area contributed by atoms with E-state index >= 15 is 0 Å². The van der Waals surface area contributed by atoms with Gasteiger partial charge in [-0.15, -0.1) is 0 Å². The van der Waals surface area contributed by atoms with Crippen molar-refractivity contribution in [1.82, 2.24) is 9.80 Å². The average molecular weight is 380 g/mol. The maximum atomic E-state index is 12.1. The standard InChI is InChI=1S/C20H33N3O4/c1-20(2,3)27-19(24)23-12-10-22(11-13-23)9-5-6-14-26-17-8-7-16(21)15-18(17)25-4/h7-8,15H,5-6,9-14,21H2,1-4H3. The van der Waals surface area contributed by atoms with Gasteiger partial charge in [0.15, 0.2) is 11.5 Å². The molecular formula is C20H33N3O4. The van der Waals surface area contributed by atoms with Crippen LogP contribution in [0.1, 0.15) is 33.6 Å². The number of nitrogens with zero attached hydrogens (tertiary/aromatic N) is 2. The van der Waals surface area contributed by atoms with E-state index < -0.39 is 5.60 Å². The van der Waals surface area contributed by atoms with E-state index in [2.05, 4.69) is 4.90 Å². The molecule has 7 nitrogen and oxygen atoms in total. The maximum Gasteiger partial charge on any atom is 0.410 e. The molecule has 0 spiro atoms. The predicted molar refractivity (Wildman–Crippen MR) is 106 cm³/mol. The number of ether oxygens (including phenoxy) is 3. The van der Waals surface area contributed by atoms with Gasteiger partial charge < -0.3 is 24.8 Å². The van der Waals surface area contributed by atoms with Gasteiger partial charge in [-0.25, -0.2) is 4.79 Å².